The zero-order chi connectivity index (χ0) is 21.2. The van der Waals surface area contributed by atoms with Crippen molar-refractivity contribution < 1.29 is 23.1 Å². The highest BCUT2D eigenvalue weighted by atomic mass is 79.9. The molecule has 156 valence electrons. The van der Waals surface area contributed by atoms with Crippen molar-refractivity contribution in [2.45, 2.75) is 23.4 Å². The highest BCUT2D eigenvalue weighted by molar-refractivity contribution is 9.11. The van der Waals surface area contributed by atoms with E-state index in [1.165, 1.54) is 17.4 Å². The van der Waals surface area contributed by atoms with Gasteiger partial charge in [0, 0.05) is 28.1 Å². The lowest BCUT2D eigenvalue weighted by molar-refractivity contribution is 0.0938. The quantitative estimate of drug-likeness (QED) is 0.497. The number of rotatable bonds is 6. The fourth-order valence-corrected chi connectivity index (χ4v) is 6.48. The Morgan fingerprint density at radius 1 is 1.28 bits per heavy atom. The monoisotopic (exact) mass is 565 g/mol. The number of carboxylic acid groups (broad SMARTS) is 1. The summed E-state index contributed by atoms with van der Waals surface area (Å²) >= 11 is 7.77. The first-order valence-corrected chi connectivity index (χ1v) is 12.4. The summed E-state index contributed by atoms with van der Waals surface area (Å²) in [4.78, 5) is 25.4. The molecule has 1 aliphatic rings. The predicted molar refractivity (Wildman–Crippen MR) is 116 cm³/mol. The normalized spacial score (nSPS) is 19.3. The Bertz CT molecular complexity index is 1010. The lowest BCUT2D eigenvalue weighted by atomic mass is 10.2. The zero-order valence-corrected chi connectivity index (χ0v) is 19.6. The van der Waals surface area contributed by atoms with E-state index in [0.717, 1.165) is 4.90 Å². The molecule has 0 radical (unpaired) electrons. The molecule has 0 saturated carbocycles. The summed E-state index contributed by atoms with van der Waals surface area (Å²) in [5.74, 6) is -0.285. The largest absolute Gasteiger partial charge is 0.465 e. The van der Waals surface area contributed by atoms with Crippen molar-refractivity contribution in [3.8, 4) is 0 Å². The Labute approximate surface area is 188 Å². The van der Waals surface area contributed by atoms with Gasteiger partial charge in [-0.3, -0.25) is 4.79 Å². The highest BCUT2D eigenvalue weighted by Crippen LogP contribution is 2.27. The van der Waals surface area contributed by atoms with Crippen LogP contribution in [0.15, 0.2) is 49.6 Å². The third-order valence-electron chi connectivity index (χ3n) is 4.41. The summed E-state index contributed by atoms with van der Waals surface area (Å²) in [7, 11) is -3.87. The van der Waals surface area contributed by atoms with E-state index in [1.807, 2.05) is 0 Å². The van der Waals surface area contributed by atoms with Crippen LogP contribution in [0.25, 0.3) is 0 Å². The van der Waals surface area contributed by atoms with Gasteiger partial charge in [-0.05, 0) is 52.0 Å². The van der Waals surface area contributed by atoms with Gasteiger partial charge in [0.05, 0.1) is 15.8 Å². The fourth-order valence-electron chi connectivity index (χ4n) is 3.10. The second-order valence-electron chi connectivity index (χ2n) is 6.40. The smallest absolute Gasteiger partial charge is 0.407 e. The van der Waals surface area contributed by atoms with Gasteiger partial charge in [-0.25, -0.2) is 17.9 Å². The van der Waals surface area contributed by atoms with Crippen molar-refractivity contribution >= 4 is 65.2 Å². The summed E-state index contributed by atoms with van der Waals surface area (Å²) in [6.45, 7) is 0.0988. The number of sulfonamides is 1. The van der Waals surface area contributed by atoms with Crippen molar-refractivity contribution in [2.24, 2.45) is 0 Å². The van der Waals surface area contributed by atoms with Crippen molar-refractivity contribution in [2.75, 3.05) is 13.1 Å². The molecule has 1 fully saturated rings. The van der Waals surface area contributed by atoms with Crippen molar-refractivity contribution in [1.29, 1.82) is 0 Å². The van der Waals surface area contributed by atoms with Crippen LogP contribution in [0.4, 0.5) is 4.79 Å². The summed E-state index contributed by atoms with van der Waals surface area (Å²) < 4.78 is 29.1. The average Bonchev–Trinajstić information content (AvgIpc) is 3.31. The number of carbonyl (C=O) groups excluding carboxylic acids is 1. The maximum atomic E-state index is 12.8. The zero-order valence-electron chi connectivity index (χ0n) is 14.8. The number of nitrogens with one attached hydrogen (secondary N) is 2. The van der Waals surface area contributed by atoms with Crippen molar-refractivity contribution in [3.63, 3.8) is 0 Å². The number of thiophene rings is 1. The van der Waals surface area contributed by atoms with E-state index in [1.54, 1.807) is 29.6 Å². The average molecular weight is 567 g/mol. The van der Waals surface area contributed by atoms with Gasteiger partial charge in [0.25, 0.3) is 5.91 Å². The van der Waals surface area contributed by atoms with Crippen LogP contribution in [0.5, 0.6) is 0 Å². The van der Waals surface area contributed by atoms with Crippen LogP contribution in [0.2, 0.25) is 0 Å². The standard InChI is InChI=1S/C17H17Br2N3O5S2/c18-10-3-4-13(19)15(6-10)29(26,27)21-11-7-12(22(9-11)17(24)25)8-20-16(23)14-2-1-5-28-14/h1-6,11-12,21H,7-9H2,(H,20,23)(H,24,25)/t11-,12-/m1/s1. The van der Waals surface area contributed by atoms with Crippen LogP contribution >= 0.6 is 43.2 Å². The van der Waals surface area contributed by atoms with E-state index >= 15 is 0 Å². The number of carbonyl (C=O) groups is 2. The van der Waals surface area contributed by atoms with Gasteiger partial charge in [0.15, 0.2) is 0 Å². The number of hydrogen-bond donors (Lipinski definition) is 3. The number of hydrogen-bond acceptors (Lipinski definition) is 5. The molecule has 1 aliphatic heterocycles. The number of halogens is 2. The molecule has 29 heavy (non-hydrogen) atoms. The molecular weight excluding hydrogens is 550 g/mol. The van der Waals surface area contributed by atoms with Crippen molar-refractivity contribution in [3.05, 3.63) is 49.5 Å². The Morgan fingerprint density at radius 2 is 2.03 bits per heavy atom. The number of amides is 2. The Morgan fingerprint density at radius 3 is 2.69 bits per heavy atom. The topological polar surface area (TPSA) is 116 Å². The summed E-state index contributed by atoms with van der Waals surface area (Å²) in [5.41, 5.74) is 0. The van der Waals surface area contributed by atoms with Gasteiger partial charge in [-0.15, -0.1) is 11.3 Å². The molecule has 1 aromatic heterocycles. The van der Waals surface area contributed by atoms with Gasteiger partial charge in [0.1, 0.15) is 0 Å². The van der Waals surface area contributed by atoms with E-state index < -0.39 is 28.2 Å². The molecule has 3 rings (SSSR count). The maximum absolute atomic E-state index is 12.8. The first-order chi connectivity index (χ1) is 13.7. The minimum atomic E-state index is -3.87. The Balaban J connectivity index is 1.69. The number of benzene rings is 1. The SMILES string of the molecule is O=C(NC[C@H]1C[C@@H](NS(=O)(=O)c2cc(Br)ccc2Br)CN1C(=O)O)c1cccs1. The molecule has 2 aromatic rings. The Kier molecular flexibility index (Phi) is 6.99. The van der Waals surface area contributed by atoms with Gasteiger partial charge in [0.2, 0.25) is 10.0 Å². The molecule has 3 N–H and O–H groups in total. The molecule has 12 heteroatoms. The van der Waals surface area contributed by atoms with Gasteiger partial charge in [-0.1, -0.05) is 22.0 Å². The molecule has 2 heterocycles. The lowest BCUT2D eigenvalue weighted by Crippen LogP contribution is -2.42. The maximum Gasteiger partial charge on any atom is 0.407 e. The molecule has 1 saturated heterocycles. The third-order valence-corrected chi connectivity index (χ3v) is 8.28. The Hall–Kier alpha value is -1.47. The van der Waals surface area contributed by atoms with Crippen LogP contribution in [0, 0.1) is 0 Å². The van der Waals surface area contributed by atoms with Crippen molar-refractivity contribution in [1.82, 2.24) is 14.9 Å². The molecule has 0 unspecified atom stereocenters. The van der Waals surface area contributed by atoms with Crippen LogP contribution in [-0.4, -0.2) is 55.6 Å². The van der Waals surface area contributed by atoms with Crippen LogP contribution < -0.4 is 10.0 Å². The summed E-state index contributed by atoms with van der Waals surface area (Å²) in [5, 5.41) is 14.0. The van der Waals surface area contributed by atoms with E-state index in [-0.39, 0.29) is 30.3 Å². The fraction of sp³-hybridized carbons (Fsp3) is 0.294. The summed E-state index contributed by atoms with van der Waals surface area (Å²) in [6, 6.07) is 7.08. The lowest BCUT2D eigenvalue weighted by Gasteiger charge is -2.21. The first kappa shape index (κ1) is 22.2. The summed E-state index contributed by atoms with van der Waals surface area (Å²) in [6.07, 6.45) is -0.910. The van der Waals surface area contributed by atoms with E-state index in [9.17, 15) is 23.1 Å². The number of nitrogens with zero attached hydrogens (tertiary/aromatic N) is 1. The van der Waals surface area contributed by atoms with Crippen LogP contribution in [0.3, 0.4) is 0 Å². The van der Waals surface area contributed by atoms with Gasteiger partial charge in [-0.2, -0.15) is 0 Å². The molecular formula is C17H17Br2N3O5S2. The van der Waals surface area contributed by atoms with Gasteiger partial charge < -0.3 is 15.3 Å². The second-order valence-corrected chi connectivity index (χ2v) is 10.8. The minimum absolute atomic E-state index is 0.000273. The molecule has 1 aromatic carbocycles. The predicted octanol–water partition coefficient (Wildman–Crippen LogP) is 3.10. The third kappa shape index (κ3) is 5.37. The minimum Gasteiger partial charge on any atom is -0.465 e. The van der Waals surface area contributed by atoms with E-state index in [2.05, 4.69) is 41.9 Å². The van der Waals surface area contributed by atoms with E-state index in [4.69, 9.17) is 0 Å². The highest BCUT2D eigenvalue weighted by Gasteiger charge is 2.37. The molecule has 8 nitrogen and oxygen atoms in total. The van der Waals surface area contributed by atoms with Crippen LogP contribution in [0.1, 0.15) is 16.1 Å². The second kappa shape index (κ2) is 9.13. The number of likely N-dealkylation sites (tertiary alicyclic amines) is 1. The molecule has 0 aliphatic carbocycles. The first-order valence-electron chi connectivity index (χ1n) is 8.46. The van der Waals surface area contributed by atoms with E-state index in [0.29, 0.717) is 13.8 Å². The molecule has 0 spiro atoms. The van der Waals surface area contributed by atoms with Crippen LogP contribution in [-0.2, 0) is 10.0 Å². The molecule has 2 atom stereocenters. The van der Waals surface area contributed by atoms with Gasteiger partial charge >= 0.3 is 6.09 Å². The molecule has 0 bridgehead atoms. The molecule has 2 amide bonds.